The minimum Gasteiger partial charge on any atom is -0.379 e. The van der Waals surface area contributed by atoms with Gasteiger partial charge >= 0.3 is 0 Å². The van der Waals surface area contributed by atoms with Crippen molar-refractivity contribution < 1.29 is 9.72 Å². The van der Waals surface area contributed by atoms with Gasteiger partial charge in [0.25, 0.3) is 5.69 Å². The van der Waals surface area contributed by atoms with E-state index in [0.717, 1.165) is 21.8 Å². The highest BCUT2D eigenvalue weighted by Gasteiger charge is 2.24. The fourth-order valence-corrected chi connectivity index (χ4v) is 4.12. The number of benzene rings is 2. The number of halogens is 1. The highest BCUT2D eigenvalue weighted by Crippen LogP contribution is 2.32. The van der Waals surface area contributed by atoms with Crippen LogP contribution >= 0.6 is 15.9 Å². The zero-order valence-electron chi connectivity index (χ0n) is 15.1. The van der Waals surface area contributed by atoms with Gasteiger partial charge in [-0.25, -0.2) is 0 Å². The molecule has 0 saturated heterocycles. The fourth-order valence-electron chi connectivity index (χ4n) is 3.66. The second-order valence-electron chi connectivity index (χ2n) is 6.76. The molecule has 2 heterocycles. The highest BCUT2D eigenvalue weighted by atomic mass is 79.9. The van der Waals surface area contributed by atoms with Crippen LogP contribution in [0.3, 0.4) is 0 Å². The van der Waals surface area contributed by atoms with Crippen molar-refractivity contribution in [1.29, 1.82) is 0 Å². The van der Waals surface area contributed by atoms with Gasteiger partial charge in [-0.3, -0.25) is 14.9 Å². The SMILES string of the molecule is O=C(CCNc1ccccc1[N+](=O)[O-])N1CCc2[nH]c3c(Br)cccc3c2C1. The Morgan fingerprint density at radius 3 is 2.89 bits per heavy atom. The van der Waals surface area contributed by atoms with Crippen molar-refractivity contribution in [3.8, 4) is 0 Å². The molecule has 0 saturated carbocycles. The van der Waals surface area contributed by atoms with Gasteiger partial charge in [0.05, 0.1) is 10.4 Å². The van der Waals surface area contributed by atoms with Crippen LogP contribution in [0.25, 0.3) is 10.9 Å². The number of rotatable bonds is 5. The van der Waals surface area contributed by atoms with Gasteiger partial charge in [-0.05, 0) is 28.1 Å². The van der Waals surface area contributed by atoms with E-state index in [1.54, 1.807) is 18.2 Å². The molecule has 2 aromatic carbocycles. The summed E-state index contributed by atoms with van der Waals surface area (Å²) in [7, 11) is 0. The van der Waals surface area contributed by atoms with E-state index in [1.165, 1.54) is 17.3 Å². The van der Waals surface area contributed by atoms with Crippen LogP contribution in [-0.4, -0.2) is 33.8 Å². The summed E-state index contributed by atoms with van der Waals surface area (Å²) in [4.78, 5) is 28.6. The average Bonchev–Trinajstić information content (AvgIpc) is 3.07. The number of nitro benzene ring substituents is 1. The zero-order valence-corrected chi connectivity index (χ0v) is 16.7. The van der Waals surface area contributed by atoms with E-state index >= 15 is 0 Å². The molecule has 0 unspecified atom stereocenters. The number of H-pyrrole nitrogens is 1. The molecule has 3 aromatic rings. The number of aromatic amines is 1. The van der Waals surface area contributed by atoms with Gasteiger partial charge in [0, 0.05) is 59.7 Å². The van der Waals surface area contributed by atoms with Crippen molar-refractivity contribution in [2.75, 3.05) is 18.4 Å². The maximum Gasteiger partial charge on any atom is 0.292 e. The topological polar surface area (TPSA) is 91.3 Å². The smallest absolute Gasteiger partial charge is 0.292 e. The quantitative estimate of drug-likeness (QED) is 0.456. The van der Waals surface area contributed by atoms with Gasteiger partial charge in [-0.1, -0.05) is 24.3 Å². The standard InChI is InChI=1S/C20H19BrN4O3/c21-15-5-3-4-13-14-12-24(11-9-16(14)23-20(13)15)19(26)8-10-22-17-6-1-2-7-18(17)25(27)28/h1-7,22-23H,8-12H2. The number of carbonyl (C=O) groups is 1. The van der Waals surface area contributed by atoms with E-state index in [9.17, 15) is 14.9 Å². The molecular formula is C20H19BrN4O3. The summed E-state index contributed by atoms with van der Waals surface area (Å²) in [5, 5.41) is 15.2. The predicted octanol–water partition coefficient (Wildman–Crippen LogP) is 4.23. The zero-order chi connectivity index (χ0) is 19.7. The van der Waals surface area contributed by atoms with Gasteiger partial charge in [0.15, 0.2) is 0 Å². The van der Waals surface area contributed by atoms with Crippen molar-refractivity contribution >= 4 is 44.1 Å². The number of aromatic nitrogens is 1. The third-order valence-corrected chi connectivity index (χ3v) is 5.73. The largest absolute Gasteiger partial charge is 0.379 e. The van der Waals surface area contributed by atoms with Gasteiger partial charge in [0.2, 0.25) is 5.91 Å². The van der Waals surface area contributed by atoms with Crippen molar-refractivity contribution in [3.63, 3.8) is 0 Å². The molecule has 1 aliphatic heterocycles. The summed E-state index contributed by atoms with van der Waals surface area (Å²) in [6, 6.07) is 12.5. The van der Waals surface area contributed by atoms with Crippen LogP contribution in [0.15, 0.2) is 46.9 Å². The molecule has 1 amide bonds. The first-order valence-electron chi connectivity index (χ1n) is 9.07. The number of nitrogens with one attached hydrogen (secondary N) is 2. The summed E-state index contributed by atoms with van der Waals surface area (Å²) < 4.78 is 1.02. The summed E-state index contributed by atoms with van der Waals surface area (Å²) >= 11 is 3.57. The number of anilines is 1. The van der Waals surface area contributed by atoms with Crippen LogP contribution in [0.5, 0.6) is 0 Å². The molecule has 0 bridgehead atoms. The normalized spacial score (nSPS) is 13.4. The van der Waals surface area contributed by atoms with Crippen molar-refractivity contribution in [3.05, 3.63) is 68.3 Å². The van der Waals surface area contributed by atoms with E-state index in [4.69, 9.17) is 0 Å². The van der Waals surface area contributed by atoms with E-state index in [2.05, 4.69) is 32.3 Å². The minimum absolute atomic E-state index is 0.0157. The number of amides is 1. The number of para-hydroxylation sites is 3. The van der Waals surface area contributed by atoms with Gasteiger partial charge in [-0.2, -0.15) is 0 Å². The fraction of sp³-hybridized carbons (Fsp3) is 0.250. The van der Waals surface area contributed by atoms with Crippen molar-refractivity contribution in [1.82, 2.24) is 9.88 Å². The minimum atomic E-state index is -0.425. The monoisotopic (exact) mass is 442 g/mol. The summed E-state index contributed by atoms with van der Waals surface area (Å²) in [5.74, 6) is 0.0427. The van der Waals surface area contributed by atoms with E-state index < -0.39 is 4.92 Å². The number of nitrogens with zero attached hydrogens (tertiary/aromatic N) is 2. The Bertz CT molecular complexity index is 1060. The second-order valence-corrected chi connectivity index (χ2v) is 7.62. The molecule has 2 N–H and O–H groups in total. The van der Waals surface area contributed by atoms with Gasteiger partial charge in [-0.15, -0.1) is 0 Å². The third-order valence-electron chi connectivity index (χ3n) is 5.07. The van der Waals surface area contributed by atoms with E-state index in [-0.39, 0.29) is 18.0 Å². The van der Waals surface area contributed by atoms with Crippen molar-refractivity contribution in [2.24, 2.45) is 0 Å². The molecule has 0 aliphatic carbocycles. The van der Waals surface area contributed by atoms with Crippen molar-refractivity contribution in [2.45, 2.75) is 19.4 Å². The number of carbonyl (C=O) groups excluding carboxylic acids is 1. The lowest BCUT2D eigenvalue weighted by Crippen LogP contribution is -2.36. The van der Waals surface area contributed by atoms with E-state index in [0.29, 0.717) is 25.3 Å². The van der Waals surface area contributed by atoms with Crippen LogP contribution in [-0.2, 0) is 17.8 Å². The Morgan fingerprint density at radius 1 is 1.25 bits per heavy atom. The number of hydrogen-bond donors (Lipinski definition) is 2. The number of hydrogen-bond acceptors (Lipinski definition) is 4. The van der Waals surface area contributed by atoms with Crippen LogP contribution in [0, 0.1) is 10.1 Å². The molecule has 4 rings (SSSR count). The molecule has 144 valence electrons. The summed E-state index contributed by atoms with van der Waals surface area (Å²) in [5.41, 5.74) is 3.87. The first kappa shape index (κ1) is 18.5. The Kier molecular flexibility index (Phi) is 5.04. The molecule has 0 spiro atoms. The Morgan fingerprint density at radius 2 is 2.07 bits per heavy atom. The van der Waals surface area contributed by atoms with Crippen LogP contribution < -0.4 is 5.32 Å². The first-order chi connectivity index (χ1) is 13.5. The molecule has 0 fully saturated rings. The average molecular weight is 443 g/mol. The predicted molar refractivity (Wildman–Crippen MR) is 111 cm³/mol. The molecule has 28 heavy (non-hydrogen) atoms. The number of nitro groups is 1. The molecule has 0 radical (unpaired) electrons. The van der Waals surface area contributed by atoms with E-state index in [1.807, 2.05) is 17.0 Å². The lowest BCUT2D eigenvalue weighted by Gasteiger charge is -2.27. The summed E-state index contributed by atoms with van der Waals surface area (Å²) in [6.45, 7) is 1.60. The molecule has 8 heteroatoms. The maximum absolute atomic E-state index is 12.7. The van der Waals surface area contributed by atoms with Gasteiger partial charge < -0.3 is 15.2 Å². The molecule has 1 aliphatic rings. The Balaban J connectivity index is 1.41. The lowest BCUT2D eigenvalue weighted by molar-refractivity contribution is -0.384. The highest BCUT2D eigenvalue weighted by molar-refractivity contribution is 9.10. The number of fused-ring (bicyclic) bond motifs is 3. The third kappa shape index (κ3) is 3.47. The Hall–Kier alpha value is -2.87. The maximum atomic E-state index is 12.7. The second kappa shape index (κ2) is 7.63. The lowest BCUT2D eigenvalue weighted by atomic mass is 10.0. The van der Waals surface area contributed by atoms with Crippen LogP contribution in [0.2, 0.25) is 0 Å². The molecule has 0 atom stereocenters. The summed E-state index contributed by atoms with van der Waals surface area (Å²) in [6.07, 6.45) is 1.08. The first-order valence-corrected chi connectivity index (χ1v) is 9.87. The Labute approximate surface area is 170 Å². The molecular weight excluding hydrogens is 424 g/mol. The molecule has 1 aromatic heterocycles. The molecule has 7 nitrogen and oxygen atoms in total. The van der Waals surface area contributed by atoms with Crippen LogP contribution in [0.1, 0.15) is 17.7 Å². The van der Waals surface area contributed by atoms with Crippen LogP contribution in [0.4, 0.5) is 11.4 Å². The van der Waals surface area contributed by atoms with Gasteiger partial charge in [0.1, 0.15) is 5.69 Å².